The lowest BCUT2D eigenvalue weighted by Crippen LogP contribution is -1.94. The second kappa shape index (κ2) is 4.65. The summed E-state index contributed by atoms with van der Waals surface area (Å²) >= 11 is 0. The molecule has 1 heterocycles. The van der Waals surface area contributed by atoms with E-state index in [9.17, 15) is 0 Å². The van der Waals surface area contributed by atoms with Crippen molar-refractivity contribution in [1.29, 1.82) is 0 Å². The number of pyridine rings is 1. The Morgan fingerprint density at radius 1 is 1.06 bits per heavy atom. The fraction of sp³-hybridized carbons (Fsp3) is 0.400. The number of nitrogens with zero attached hydrogens (tertiary/aromatic N) is 1. The van der Waals surface area contributed by atoms with E-state index < -0.39 is 0 Å². The van der Waals surface area contributed by atoms with Crippen LogP contribution in [0.4, 0.5) is 0 Å². The van der Waals surface area contributed by atoms with Crippen LogP contribution in [0.3, 0.4) is 0 Å². The molecule has 0 spiro atoms. The highest BCUT2D eigenvalue weighted by Crippen LogP contribution is 2.25. The molecule has 84 valence electrons. The van der Waals surface area contributed by atoms with Crippen LogP contribution in [-0.4, -0.2) is 4.98 Å². The average molecular weight is 213 g/mol. The third-order valence-corrected chi connectivity index (χ3v) is 3.17. The van der Waals surface area contributed by atoms with Gasteiger partial charge in [0.1, 0.15) is 0 Å². The van der Waals surface area contributed by atoms with E-state index in [1.54, 1.807) is 0 Å². The zero-order valence-electron chi connectivity index (χ0n) is 10.4. The van der Waals surface area contributed by atoms with Crippen molar-refractivity contribution in [3.8, 4) is 0 Å². The average Bonchev–Trinajstić information content (AvgIpc) is 2.30. The summed E-state index contributed by atoms with van der Waals surface area (Å²) in [5.74, 6) is 0. The maximum absolute atomic E-state index is 4.56. The van der Waals surface area contributed by atoms with Crippen molar-refractivity contribution in [2.24, 2.45) is 0 Å². The second-order valence-electron chi connectivity index (χ2n) is 4.34. The van der Waals surface area contributed by atoms with Crippen LogP contribution < -0.4 is 0 Å². The van der Waals surface area contributed by atoms with E-state index >= 15 is 0 Å². The monoisotopic (exact) mass is 213 g/mol. The summed E-state index contributed by atoms with van der Waals surface area (Å²) in [5, 5.41) is 1.38. The highest BCUT2D eigenvalue weighted by atomic mass is 14.7. The summed E-state index contributed by atoms with van der Waals surface area (Å²) < 4.78 is 0. The summed E-state index contributed by atoms with van der Waals surface area (Å²) in [5.41, 5.74) is 5.36. The predicted octanol–water partition coefficient (Wildman–Crippen LogP) is 4.06. The van der Waals surface area contributed by atoms with Gasteiger partial charge in [-0.2, -0.15) is 0 Å². The van der Waals surface area contributed by atoms with Gasteiger partial charge in [0.2, 0.25) is 0 Å². The molecule has 16 heavy (non-hydrogen) atoms. The van der Waals surface area contributed by atoms with Gasteiger partial charge in [0.05, 0.1) is 5.52 Å². The highest BCUT2D eigenvalue weighted by Gasteiger charge is 2.07. The van der Waals surface area contributed by atoms with E-state index in [-0.39, 0.29) is 0 Å². The Morgan fingerprint density at radius 2 is 1.88 bits per heavy atom. The van der Waals surface area contributed by atoms with Gasteiger partial charge in [-0.25, -0.2) is 0 Å². The van der Waals surface area contributed by atoms with Crippen molar-refractivity contribution >= 4 is 10.9 Å². The maximum Gasteiger partial charge on any atom is 0.0739 e. The van der Waals surface area contributed by atoms with E-state index in [0.29, 0.717) is 0 Å². The zero-order valence-corrected chi connectivity index (χ0v) is 10.4. The van der Waals surface area contributed by atoms with Gasteiger partial charge < -0.3 is 0 Å². The van der Waals surface area contributed by atoms with E-state index in [1.165, 1.54) is 34.0 Å². The Kier molecular flexibility index (Phi) is 3.23. The van der Waals surface area contributed by atoms with Crippen molar-refractivity contribution < 1.29 is 0 Å². The van der Waals surface area contributed by atoms with Gasteiger partial charge in [0, 0.05) is 11.6 Å². The fourth-order valence-electron chi connectivity index (χ4n) is 2.34. The minimum Gasteiger partial charge on any atom is -0.256 e. The van der Waals surface area contributed by atoms with Crippen LogP contribution in [0.1, 0.15) is 37.0 Å². The number of hydrogen-bond acceptors (Lipinski definition) is 1. The van der Waals surface area contributed by atoms with Gasteiger partial charge in [-0.3, -0.25) is 4.98 Å². The first-order valence-electron chi connectivity index (χ1n) is 6.14. The molecule has 0 fully saturated rings. The predicted molar refractivity (Wildman–Crippen MR) is 69.9 cm³/mol. The lowest BCUT2D eigenvalue weighted by atomic mass is 9.97. The lowest BCUT2D eigenvalue weighted by Gasteiger charge is -2.10. The zero-order chi connectivity index (χ0) is 11.5. The standard InChI is InChI=1S/C15H19N/c1-4-6-13-9-10-16-15-12(5-2)8-7-11(3)14(13)15/h7-10H,4-6H2,1-3H3. The third-order valence-electron chi connectivity index (χ3n) is 3.17. The Balaban J connectivity index is 2.75. The first-order chi connectivity index (χ1) is 7.77. The number of benzene rings is 1. The number of fused-ring (bicyclic) bond motifs is 1. The smallest absolute Gasteiger partial charge is 0.0739 e. The molecular formula is C15H19N. The van der Waals surface area contributed by atoms with Gasteiger partial charge in [-0.05, 0) is 42.5 Å². The van der Waals surface area contributed by atoms with Crippen LogP contribution >= 0.6 is 0 Å². The number of aromatic nitrogens is 1. The molecular weight excluding hydrogens is 194 g/mol. The molecule has 1 nitrogen and oxygen atoms in total. The maximum atomic E-state index is 4.56. The second-order valence-corrected chi connectivity index (χ2v) is 4.34. The molecule has 0 aliphatic heterocycles. The Labute approximate surface area is 97.5 Å². The molecule has 0 amide bonds. The molecule has 0 unspecified atom stereocenters. The molecule has 1 aromatic carbocycles. The van der Waals surface area contributed by atoms with Gasteiger partial charge in [-0.1, -0.05) is 32.4 Å². The quantitative estimate of drug-likeness (QED) is 0.749. The number of aryl methyl sites for hydroxylation is 3. The Morgan fingerprint density at radius 3 is 2.56 bits per heavy atom. The van der Waals surface area contributed by atoms with E-state index in [1.807, 2.05) is 6.20 Å². The first kappa shape index (κ1) is 11.1. The molecule has 1 aromatic heterocycles. The molecule has 1 heteroatoms. The largest absolute Gasteiger partial charge is 0.256 e. The Bertz CT molecular complexity index is 500. The molecule has 2 rings (SSSR count). The Hall–Kier alpha value is -1.37. The van der Waals surface area contributed by atoms with Gasteiger partial charge in [0.25, 0.3) is 0 Å². The minimum atomic E-state index is 1.05. The van der Waals surface area contributed by atoms with Crippen LogP contribution in [0.2, 0.25) is 0 Å². The van der Waals surface area contributed by atoms with Crippen LogP contribution in [0.5, 0.6) is 0 Å². The number of hydrogen-bond donors (Lipinski definition) is 0. The molecule has 0 saturated heterocycles. The molecule has 0 aliphatic carbocycles. The van der Waals surface area contributed by atoms with Crippen molar-refractivity contribution in [2.75, 3.05) is 0 Å². The lowest BCUT2D eigenvalue weighted by molar-refractivity contribution is 0.926. The van der Waals surface area contributed by atoms with Crippen LogP contribution in [0.25, 0.3) is 10.9 Å². The molecule has 0 N–H and O–H groups in total. The number of rotatable bonds is 3. The minimum absolute atomic E-state index is 1.05. The SMILES string of the molecule is CCCc1ccnc2c(CC)ccc(C)c12. The van der Waals surface area contributed by atoms with E-state index in [2.05, 4.69) is 44.0 Å². The molecule has 0 saturated carbocycles. The van der Waals surface area contributed by atoms with Crippen LogP contribution in [-0.2, 0) is 12.8 Å². The molecule has 0 atom stereocenters. The molecule has 0 bridgehead atoms. The van der Waals surface area contributed by atoms with Crippen molar-refractivity contribution in [2.45, 2.75) is 40.0 Å². The van der Waals surface area contributed by atoms with E-state index in [4.69, 9.17) is 0 Å². The van der Waals surface area contributed by atoms with Crippen LogP contribution in [0.15, 0.2) is 24.4 Å². The normalized spacial score (nSPS) is 10.9. The third kappa shape index (κ3) is 1.82. The van der Waals surface area contributed by atoms with Gasteiger partial charge in [0.15, 0.2) is 0 Å². The van der Waals surface area contributed by atoms with E-state index in [0.717, 1.165) is 12.8 Å². The van der Waals surface area contributed by atoms with Gasteiger partial charge in [-0.15, -0.1) is 0 Å². The molecule has 0 radical (unpaired) electrons. The molecule has 0 aliphatic rings. The summed E-state index contributed by atoms with van der Waals surface area (Å²) in [6, 6.07) is 6.60. The summed E-state index contributed by atoms with van der Waals surface area (Å²) in [6.45, 7) is 6.60. The van der Waals surface area contributed by atoms with Crippen molar-refractivity contribution in [3.63, 3.8) is 0 Å². The highest BCUT2D eigenvalue weighted by molar-refractivity contribution is 5.88. The summed E-state index contributed by atoms with van der Waals surface area (Å²) in [6.07, 6.45) is 5.34. The van der Waals surface area contributed by atoms with Gasteiger partial charge >= 0.3 is 0 Å². The summed E-state index contributed by atoms with van der Waals surface area (Å²) in [7, 11) is 0. The van der Waals surface area contributed by atoms with Crippen molar-refractivity contribution in [3.05, 3.63) is 41.1 Å². The fourth-order valence-corrected chi connectivity index (χ4v) is 2.34. The van der Waals surface area contributed by atoms with Crippen LogP contribution in [0, 0.1) is 6.92 Å². The first-order valence-corrected chi connectivity index (χ1v) is 6.14. The molecule has 2 aromatic rings. The topological polar surface area (TPSA) is 12.9 Å². The summed E-state index contributed by atoms with van der Waals surface area (Å²) in [4.78, 5) is 4.56. The van der Waals surface area contributed by atoms with Crippen molar-refractivity contribution in [1.82, 2.24) is 4.98 Å².